The van der Waals surface area contributed by atoms with Gasteiger partial charge in [0.05, 0.1) is 36.1 Å². The van der Waals surface area contributed by atoms with Crippen molar-refractivity contribution in [2.45, 2.75) is 67.3 Å². The molecule has 3 aliphatic heterocycles. The molecule has 6 rings (SSSR count). The van der Waals surface area contributed by atoms with Gasteiger partial charge in [-0.2, -0.15) is 0 Å². The summed E-state index contributed by atoms with van der Waals surface area (Å²) < 4.78 is 5.85. The van der Waals surface area contributed by atoms with Crippen LogP contribution in [0.15, 0.2) is 28.4 Å². The number of anilines is 2. The van der Waals surface area contributed by atoms with Crippen LogP contribution < -0.4 is 9.80 Å². The van der Waals surface area contributed by atoms with Gasteiger partial charge in [-0.15, -0.1) is 0 Å². The van der Waals surface area contributed by atoms with Gasteiger partial charge in [-0.1, -0.05) is 23.4 Å². The molecule has 0 unspecified atom stereocenters. The maximum Gasteiger partial charge on any atom is 0.152 e. The Balaban J connectivity index is 1.14. The second-order valence-electron chi connectivity index (χ2n) is 10.7. The van der Waals surface area contributed by atoms with E-state index in [-0.39, 0.29) is 6.61 Å². The van der Waals surface area contributed by atoms with Crippen LogP contribution >= 0.6 is 23.4 Å². The van der Waals surface area contributed by atoms with Crippen molar-refractivity contribution in [3.8, 4) is 0 Å². The number of piperidine rings is 1. The third-order valence-corrected chi connectivity index (χ3v) is 9.67. The maximum absolute atomic E-state index is 10.3. The van der Waals surface area contributed by atoms with Crippen molar-refractivity contribution >= 4 is 35.0 Å². The molecule has 1 aliphatic carbocycles. The quantitative estimate of drug-likeness (QED) is 0.596. The van der Waals surface area contributed by atoms with Crippen LogP contribution in [-0.4, -0.2) is 69.7 Å². The number of aliphatic hydroxyl groups is 2. The van der Waals surface area contributed by atoms with E-state index in [2.05, 4.69) is 21.7 Å². The van der Waals surface area contributed by atoms with Crippen LogP contribution in [0.3, 0.4) is 0 Å². The molecule has 0 bridgehead atoms. The third kappa shape index (κ3) is 4.50. The SMILES string of the molecule is C[C@H]1CC2(CCN(c3ncc(Sc4ccnc(N5CC(C6(O)CC6)C5)c4Cl)nc3CO)CC2)CO1. The summed E-state index contributed by atoms with van der Waals surface area (Å²) in [6.07, 6.45) is 8.94. The highest BCUT2D eigenvalue weighted by molar-refractivity contribution is 7.99. The molecule has 5 heterocycles. The first-order chi connectivity index (χ1) is 16.9. The summed E-state index contributed by atoms with van der Waals surface area (Å²) in [6.45, 7) is 6.20. The number of halogens is 1. The molecule has 35 heavy (non-hydrogen) atoms. The molecule has 1 saturated carbocycles. The van der Waals surface area contributed by atoms with Crippen molar-refractivity contribution in [3.63, 3.8) is 0 Å². The standard InChI is InChI=1S/C25H32ClN5O3S/c1-16-10-24(15-34-16)5-8-30(9-6-24)22-18(14-32)29-20(11-28-22)35-19-2-7-27-23(21(19)26)31-12-17(13-31)25(33)3-4-25/h2,7,11,16-17,32-33H,3-6,8-10,12-15H2,1H3/t16-/m0/s1. The minimum Gasteiger partial charge on any atom is -0.390 e. The van der Waals surface area contributed by atoms with Crippen LogP contribution in [0.2, 0.25) is 5.02 Å². The Hall–Kier alpha value is -1.65. The van der Waals surface area contributed by atoms with Gasteiger partial charge in [0, 0.05) is 43.2 Å². The molecule has 2 aromatic heterocycles. The molecule has 0 amide bonds. The summed E-state index contributed by atoms with van der Waals surface area (Å²) >= 11 is 8.17. The predicted octanol–water partition coefficient (Wildman–Crippen LogP) is 3.53. The topological polar surface area (TPSA) is 94.8 Å². The summed E-state index contributed by atoms with van der Waals surface area (Å²) in [4.78, 5) is 19.1. The van der Waals surface area contributed by atoms with Crippen LogP contribution in [0.25, 0.3) is 0 Å². The number of ether oxygens (including phenoxy) is 1. The molecule has 4 fully saturated rings. The molecule has 0 radical (unpaired) electrons. The van der Waals surface area contributed by atoms with Crippen molar-refractivity contribution in [1.29, 1.82) is 0 Å². The minimum atomic E-state index is -0.467. The predicted molar refractivity (Wildman–Crippen MR) is 135 cm³/mol. The fraction of sp³-hybridized carbons (Fsp3) is 0.640. The Morgan fingerprint density at radius 3 is 2.57 bits per heavy atom. The lowest BCUT2D eigenvalue weighted by atomic mass is 9.77. The molecule has 3 saturated heterocycles. The summed E-state index contributed by atoms with van der Waals surface area (Å²) in [5, 5.41) is 21.7. The van der Waals surface area contributed by atoms with E-state index in [0.29, 0.717) is 33.2 Å². The zero-order valence-corrected chi connectivity index (χ0v) is 21.6. The lowest BCUT2D eigenvalue weighted by molar-refractivity contribution is 0.0657. The Kier molecular flexibility index (Phi) is 6.12. The van der Waals surface area contributed by atoms with E-state index in [0.717, 1.165) is 81.4 Å². The molecular weight excluding hydrogens is 486 g/mol. The molecule has 2 N–H and O–H groups in total. The highest BCUT2D eigenvalue weighted by Gasteiger charge is 2.52. The number of rotatable bonds is 6. The van der Waals surface area contributed by atoms with E-state index in [1.165, 1.54) is 11.8 Å². The van der Waals surface area contributed by atoms with E-state index in [1.54, 1.807) is 12.4 Å². The van der Waals surface area contributed by atoms with Gasteiger partial charge in [-0.25, -0.2) is 15.0 Å². The zero-order chi connectivity index (χ0) is 24.2. The number of pyridine rings is 1. The van der Waals surface area contributed by atoms with Gasteiger partial charge in [0.25, 0.3) is 0 Å². The van der Waals surface area contributed by atoms with E-state index in [9.17, 15) is 10.2 Å². The lowest BCUT2D eigenvalue weighted by Gasteiger charge is -2.43. The molecule has 0 aromatic carbocycles. The highest BCUT2D eigenvalue weighted by atomic mass is 35.5. The van der Waals surface area contributed by atoms with Gasteiger partial charge in [0.1, 0.15) is 16.5 Å². The van der Waals surface area contributed by atoms with Crippen molar-refractivity contribution in [2.75, 3.05) is 42.6 Å². The zero-order valence-electron chi connectivity index (χ0n) is 20.0. The Labute approximate surface area is 215 Å². The fourth-order valence-corrected chi connectivity index (χ4v) is 6.91. The average Bonchev–Trinajstić information content (AvgIpc) is 3.46. The van der Waals surface area contributed by atoms with E-state index >= 15 is 0 Å². The van der Waals surface area contributed by atoms with Gasteiger partial charge in [0.2, 0.25) is 0 Å². The van der Waals surface area contributed by atoms with Gasteiger partial charge < -0.3 is 24.7 Å². The van der Waals surface area contributed by atoms with E-state index in [4.69, 9.17) is 26.3 Å². The highest BCUT2D eigenvalue weighted by Crippen LogP contribution is 2.48. The van der Waals surface area contributed by atoms with Gasteiger partial charge in [-0.05, 0) is 50.5 Å². The molecule has 10 heteroatoms. The van der Waals surface area contributed by atoms with Gasteiger partial charge >= 0.3 is 0 Å². The monoisotopic (exact) mass is 517 g/mol. The third-order valence-electron chi connectivity index (χ3n) is 8.22. The van der Waals surface area contributed by atoms with Crippen molar-refractivity contribution in [1.82, 2.24) is 15.0 Å². The maximum atomic E-state index is 10.3. The lowest BCUT2D eigenvalue weighted by Crippen LogP contribution is -2.53. The number of hydrogen-bond donors (Lipinski definition) is 2. The fourth-order valence-electron chi connectivity index (χ4n) is 5.77. The van der Waals surface area contributed by atoms with Crippen LogP contribution in [-0.2, 0) is 11.3 Å². The van der Waals surface area contributed by atoms with Crippen molar-refractivity contribution < 1.29 is 14.9 Å². The Morgan fingerprint density at radius 1 is 1.14 bits per heavy atom. The molecule has 1 spiro atoms. The summed E-state index contributed by atoms with van der Waals surface area (Å²) in [6, 6.07) is 1.88. The minimum absolute atomic E-state index is 0.161. The number of aliphatic hydroxyl groups excluding tert-OH is 1. The Morgan fingerprint density at radius 2 is 1.91 bits per heavy atom. The van der Waals surface area contributed by atoms with Crippen LogP contribution in [0.4, 0.5) is 11.6 Å². The van der Waals surface area contributed by atoms with E-state index in [1.807, 2.05) is 6.07 Å². The van der Waals surface area contributed by atoms with Crippen molar-refractivity contribution in [2.24, 2.45) is 11.3 Å². The second kappa shape index (κ2) is 9.03. The number of hydrogen-bond acceptors (Lipinski definition) is 9. The molecular formula is C25H32ClN5O3S. The van der Waals surface area contributed by atoms with E-state index < -0.39 is 5.60 Å². The van der Waals surface area contributed by atoms with Crippen LogP contribution in [0.1, 0.15) is 44.7 Å². The Bertz CT molecular complexity index is 1100. The number of aromatic nitrogens is 3. The van der Waals surface area contributed by atoms with Gasteiger partial charge in [-0.3, -0.25) is 0 Å². The molecule has 1 atom stereocenters. The average molecular weight is 518 g/mol. The summed E-state index contributed by atoms with van der Waals surface area (Å²) in [7, 11) is 0. The normalized spacial score (nSPS) is 25.2. The summed E-state index contributed by atoms with van der Waals surface area (Å²) in [5.41, 5.74) is 0.419. The molecule has 188 valence electrons. The first-order valence-corrected chi connectivity index (χ1v) is 13.7. The van der Waals surface area contributed by atoms with Crippen molar-refractivity contribution in [3.05, 3.63) is 29.2 Å². The smallest absolute Gasteiger partial charge is 0.152 e. The molecule has 2 aromatic rings. The van der Waals surface area contributed by atoms with Crippen LogP contribution in [0.5, 0.6) is 0 Å². The van der Waals surface area contributed by atoms with Gasteiger partial charge in [0.15, 0.2) is 5.82 Å². The first kappa shape index (κ1) is 23.7. The number of nitrogens with zero attached hydrogens (tertiary/aromatic N) is 5. The largest absolute Gasteiger partial charge is 0.390 e. The molecule has 8 nitrogen and oxygen atoms in total. The first-order valence-electron chi connectivity index (χ1n) is 12.5. The molecule has 4 aliphatic rings. The second-order valence-corrected chi connectivity index (χ2v) is 12.1. The van der Waals surface area contributed by atoms with Crippen LogP contribution in [0, 0.1) is 11.3 Å². The summed E-state index contributed by atoms with van der Waals surface area (Å²) in [5.74, 6) is 1.82.